The third-order valence-corrected chi connectivity index (χ3v) is 8.33. The first-order chi connectivity index (χ1) is 12.8. The Labute approximate surface area is 155 Å². The van der Waals surface area contributed by atoms with Crippen molar-refractivity contribution in [3.05, 3.63) is 0 Å². The average Bonchev–Trinajstić information content (AvgIpc) is 2.63. The zero-order valence-electron chi connectivity index (χ0n) is 15.6. The second kappa shape index (κ2) is 4.83. The van der Waals surface area contributed by atoms with Crippen molar-refractivity contribution < 1.29 is 38.1 Å². The molecule has 8 heteroatoms. The number of ether oxygens (including phenoxy) is 4. The summed E-state index contributed by atoms with van der Waals surface area (Å²) in [5.41, 5.74) is -1.06. The van der Waals surface area contributed by atoms with E-state index in [0.717, 1.165) is 0 Å². The van der Waals surface area contributed by atoms with Crippen LogP contribution in [-0.4, -0.2) is 50.3 Å². The molecule has 27 heavy (non-hydrogen) atoms. The van der Waals surface area contributed by atoms with Gasteiger partial charge in [-0.2, -0.15) is 0 Å². The van der Waals surface area contributed by atoms with Crippen LogP contribution in [0.5, 0.6) is 0 Å². The van der Waals surface area contributed by atoms with Crippen molar-refractivity contribution in [3.63, 3.8) is 0 Å². The van der Waals surface area contributed by atoms with E-state index in [2.05, 4.69) is 0 Å². The quantitative estimate of drug-likeness (QED) is 0.493. The molecule has 8 nitrogen and oxygen atoms in total. The Morgan fingerprint density at radius 1 is 0.778 bits per heavy atom. The number of carbonyl (C=O) groups excluding carboxylic acids is 4. The van der Waals surface area contributed by atoms with Gasteiger partial charge in [-0.05, 0) is 23.7 Å². The Morgan fingerprint density at radius 2 is 1.26 bits per heavy atom. The fourth-order valence-electron chi connectivity index (χ4n) is 8.24. The smallest absolute Gasteiger partial charge is 0.309 e. The van der Waals surface area contributed by atoms with E-state index in [1.807, 2.05) is 0 Å². The molecule has 0 heterocycles. The number of fused-ring (bicyclic) bond motifs is 1. The molecule has 146 valence electrons. The van der Waals surface area contributed by atoms with E-state index < -0.39 is 34.8 Å². The summed E-state index contributed by atoms with van der Waals surface area (Å²) >= 11 is 0. The van der Waals surface area contributed by atoms with Gasteiger partial charge in [-0.15, -0.1) is 0 Å². The van der Waals surface area contributed by atoms with Gasteiger partial charge < -0.3 is 18.9 Å². The van der Waals surface area contributed by atoms with E-state index in [9.17, 15) is 19.2 Å². The maximum Gasteiger partial charge on any atom is 0.309 e. The summed E-state index contributed by atoms with van der Waals surface area (Å²) in [4.78, 5) is 48.2. The maximum atomic E-state index is 12.5. The van der Waals surface area contributed by atoms with Crippen LogP contribution in [0.15, 0.2) is 0 Å². The van der Waals surface area contributed by atoms with Crippen molar-refractivity contribution in [3.8, 4) is 0 Å². The summed E-state index contributed by atoms with van der Waals surface area (Å²) in [6, 6.07) is 0. The lowest BCUT2D eigenvalue weighted by atomic mass is 9.02. The third-order valence-electron chi connectivity index (χ3n) is 8.33. The molecule has 6 atom stereocenters. The van der Waals surface area contributed by atoms with Gasteiger partial charge in [0, 0.05) is 25.7 Å². The summed E-state index contributed by atoms with van der Waals surface area (Å²) in [7, 11) is 2.65. The van der Waals surface area contributed by atoms with Crippen molar-refractivity contribution in [2.45, 2.75) is 19.4 Å². The van der Waals surface area contributed by atoms with Gasteiger partial charge in [-0.25, -0.2) is 0 Å². The topological polar surface area (TPSA) is 105 Å². The Hall–Kier alpha value is -2.12. The highest BCUT2D eigenvalue weighted by atomic mass is 16.6. The number of carbonyl (C=O) groups is 4. The standard InChI is InChI=1S/C19H22O8/c1-6(20)26-5-18-12-10-8(16(22)24-3)9(17(23)25-4)11-14(12)19(18,27-7(2)21)15(11)13(10)18/h8-15H,5H2,1-4H3. The fourth-order valence-corrected chi connectivity index (χ4v) is 8.24. The third kappa shape index (κ3) is 1.42. The second-order valence-electron chi connectivity index (χ2n) is 8.56. The van der Waals surface area contributed by atoms with Gasteiger partial charge in [0.05, 0.1) is 31.5 Å². The van der Waals surface area contributed by atoms with E-state index >= 15 is 0 Å². The molecule has 0 radical (unpaired) electrons. The molecule has 0 spiro atoms. The number of hydrogen-bond acceptors (Lipinski definition) is 8. The van der Waals surface area contributed by atoms with Crippen LogP contribution in [0.4, 0.5) is 0 Å². The number of esters is 4. The Kier molecular flexibility index (Phi) is 3.04. The normalized spacial score (nSPS) is 51.3. The van der Waals surface area contributed by atoms with Gasteiger partial charge in [0.15, 0.2) is 0 Å². The average molecular weight is 378 g/mol. The van der Waals surface area contributed by atoms with E-state index in [1.165, 1.54) is 28.1 Å². The lowest BCUT2D eigenvalue weighted by molar-refractivity contribution is -0.592. The van der Waals surface area contributed by atoms with E-state index in [0.29, 0.717) is 0 Å². The zero-order chi connectivity index (χ0) is 19.5. The van der Waals surface area contributed by atoms with Crippen LogP contribution in [0, 0.1) is 52.8 Å². The summed E-state index contributed by atoms with van der Waals surface area (Å²) in [5, 5.41) is 0. The first-order valence-corrected chi connectivity index (χ1v) is 9.28. The second-order valence-corrected chi connectivity index (χ2v) is 8.56. The lowest BCUT2D eigenvalue weighted by Crippen LogP contribution is -3.08. The first-order valence-electron chi connectivity index (χ1n) is 9.28. The molecule has 0 saturated heterocycles. The molecular weight excluding hydrogens is 356 g/mol. The molecule has 0 aromatic carbocycles. The highest BCUT2D eigenvalue weighted by Gasteiger charge is 3.07. The van der Waals surface area contributed by atoms with Crippen molar-refractivity contribution in [1.29, 1.82) is 0 Å². The predicted octanol–water partition coefficient (Wildman–Crippen LogP) is 0.181. The molecule has 0 aliphatic heterocycles. The van der Waals surface area contributed by atoms with Crippen molar-refractivity contribution in [2.24, 2.45) is 52.8 Å². The summed E-state index contributed by atoms with van der Waals surface area (Å²) < 4.78 is 21.1. The molecule has 0 aromatic heterocycles. The number of hydrogen-bond donors (Lipinski definition) is 0. The molecule has 0 amide bonds. The van der Waals surface area contributed by atoms with Crippen LogP contribution < -0.4 is 0 Å². The fraction of sp³-hybridized carbons (Fsp3) is 0.789. The molecule has 6 saturated carbocycles. The van der Waals surface area contributed by atoms with Crippen LogP contribution in [0.2, 0.25) is 0 Å². The molecule has 6 aliphatic rings. The zero-order valence-corrected chi connectivity index (χ0v) is 15.6. The van der Waals surface area contributed by atoms with Gasteiger partial charge in [-0.3, -0.25) is 19.2 Å². The van der Waals surface area contributed by atoms with E-state index in [1.54, 1.807) is 0 Å². The molecule has 2 bridgehead atoms. The molecule has 0 N–H and O–H groups in total. The SMILES string of the molecule is COC(=O)C1C(C(=O)OC)C2C3C4C1C1C2C3(OC(C)=O)C41COC(C)=O. The lowest BCUT2D eigenvalue weighted by Gasteiger charge is -3.01. The largest absolute Gasteiger partial charge is 0.469 e. The van der Waals surface area contributed by atoms with Gasteiger partial charge in [0.2, 0.25) is 0 Å². The molecule has 6 rings (SSSR count). The molecule has 6 unspecified atom stereocenters. The van der Waals surface area contributed by atoms with Crippen molar-refractivity contribution in [2.75, 3.05) is 20.8 Å². The highest BCUT2D eigenvalue weighted by Crippen LogP contribution is 3.00. The molecule has 6 fully saturated rings. The minimum atomic E-state index is -0.655. The molecule has 6 aliphatic carbocycles. The van der Waals surface area contributed by atoms with Crippen LogP contribution >= 0.6 is 0 Å². The molecule has 0 aromatic rings. The Balaban J connectivity index is 1.53. The van der Waals surface area contributed by atoms with Crippen LogP contribution in [0.1, 0.15) is 13.8 Å². The Bertz CT molecular complexity index is 767. The van der Waals surface area contributed by atoms with Gasteiger partial charge >= 0.3 is 23.9 Å². The highest BCUT2D eigenvalue weighted by molar-refractivity contribution is 5.86. The summed E-state index contributed by atoms with van der Waals surface area (Å²) in [5.74, 6) is -2.50. The maximum absolute atomic E-state index is 12.5. The number of methoxy groups -OCH3 is 2. The van der Waals surface area contributed by atoms with Crippen LogP contribution in [-0.2, 0) is 38.1 Å². The molecular formula is C19H22O8. The minimum absolute atomic E-state index is 0.0157. The Morgan fingerprint density at radius 3 is 1.67 bits per heavy atom. The van der Waals surface area contributed by atoms with Gasteiger partial charge in [-0.1, -0.05) is 0 Å². The van der Waals surface area contributed by atoms with Crippen LogP contribution in [0.25, 0.3) is 0 Å². The van der Waals surface area contributed by atoms with Crippen molar-refractivity contribution >= 4 is 23.9 Å². The monoisotopic (exact) mass is 378 g/mol. The summed E-state index contributed by atoms with van der Waals surface area (Å²) in [6.45, 7) is 2.92. The van der Waals surface area contributed by atoms with Gasteiger partial charge in [0.25, 0.3) is 0 Å². The summed E-state index contributed by atoms with van der Waals surface area (Å²) in [6.07, 6.45) is 0. The predicted molar refractivity (Wildman–Crippen MR) is 85.5 cm³/mol. The van der Waals surface area contributed by atoms with E-state index in [-0.39, 0.29) is 54.1 Å². The van der Waals surface area contributed by atoms with Crippen molar-refractivity contribution in [1.82, 2.24) is 0 Å². The van der Waals surface area contributed by atoms with E-state index in [4.69, 9.17) is 18.9 Å². The first kappa shape index (κ1) is 17.0. The minimum Gasteiger partial charge on any atom is -0.469 e. The number of rotatable bonds is 5. The van der Waals surface area contributed by atoms with Crippen LogP contribution in [0.3, 0.4) is 0 Å². The van der Waals surface area contributed by atoms with Gasteiger partial charge in [0.1, 0.15) is 12.2 Å².